The molecule has 21 heavy (non-hydrogen) atoms. The predicted octanol–water partition coefficient (Wildman–Crippen LogP) is 1.79. The molecule has 0 aromatic heterocycles. The highest BCUT2D eigenvalue weighted by Gasteiger charge is 2.20. The molecule has 0 radical (unpaired) electrons. The lowest BCUT2D eigenvalue weighted by Crippen LogP contribution is -2.42. The minimum Gasteiger partial charge on any atom is -0.351 e. The molecule has 1 aliphatic heterocycles. The summed E-state index contributed by atoms with van der Waals surface area (Å²) < 4.78 is 0. The Morgan fingerprint density at radius 1 is 1.33 bits per heavy atom. The summed E-state index contributed by atoms with van der Waals surface area (Å²) >= 11 is 0. The Labute approximate surface area is 133 Å². The largest absolute Gasteiger partial charge is 0.351 e. The van der Waals surface area contributed by atoms with Gasteiger partial charge in [-0.1, -0.05) is 30.3 Å². The average molecular weight is 312 g/mol. The number of halogens is 1. The molecule has 4 nitrogen and oxygen atoms in total. The summed E-state index contributed by atoms with van der Waals surface area (Å²) in [5.74, 6) is 0.776. The summed E-state index contributed by atoms with van der Waals surface area (Å²) in [6, 6.07) is 10.0. The second-order valence-electron chi connectivity index (χ2n) is 5.58. The van der Waals surface area contributed by atoms with Gasteiger partial charge < -0.3 is 11.1 Å². The van der Waals surface area contributed by atoms with Crippen molar-refractivity contribution in [1.29, 1.82) is 0 Å². The highest BCUT2D eigenvalue weighted by atomic mass is 35.5. The van der Waals surface area contributed by atoms with Gasteiger partial charge in [-0.3, -0.25) is 9.69 Å². The van der Waals surface area contributed by atoms with Crippen LogP contribution in [0, 0.1) is 5.92 Å². The number of hydrogen-bond acceptors (Lipinski definition) is 3. The average Bonchev–Trinajstić information content (AvgIpc) is 2.47. The molecular formula is C16H26ClN3O. The SMILES string of the molecule is Cl.NCCC1CCCN(CC(=O)NCc2ccccc2)C1. The summed E-state index contributed by atoms with van der Waals surface area (Å²) in [4.78, 5) is 14.2. The standard InChI is InChI=1S/C16H25N3O.ClH/c17-9-8-15-7-4-10-19(12-15)13-16(20)18-11-14-5-2-1-3-6-14;/h1-3,5-6,15H,4,7-13,17H2,(H,18,20);1H. The van der Waals surface area contributed by atoms with Crippen LogP contribution in [0.3, 0.4) is 0 Å². The van der Waals surface area contributed by atoms with E-state index in [-0.39, 0.29) is 18.3 Å². The first-order valence-corrected chi connectivity index (χ1v) is 7.51. The molecule has 1 unspecified atom stereocenters. The first kappa shape index (κ1) is 18.0. The van der Waals surface area contributed by atoms with Crippen molar-refractivity contribution in [3.8, 4) is 0 Å². The van der Waals surface area contributed by atoms with Crippen molar-refractivity contribution in [2.45, 2.75) is 25.8 Å². The van der Waals surface area contributed by atoms with Crippen molar-refractivity contribution in [2.75, 3.05) is 26.2 Å². The van der Waals surface area contributed by atoms with Crippen molar-refractivity contribution in [3.05, 3.63) is 35.9 Å². The van der Waals surface area contributed by atoms with Gasteiger partial charge in [0, 0.05) is 13.1 Å². The van der Waals surface area contributed by atoms with Crippen molar-refractivity contribution in [1.82, 2.24) is 10.2 Å². The van der Waals surface area contributed by atoms with Gasteiger partial charge >= 0.3 is 0 Å². The Kier molecular flexibility index (Phi) is 8.35. The lowest BCUT2D eigenvalue weighted by Gasteiger charge is -2.32. The minimum atomic E-state index is 0. The fraction of sp³-hybridized carbons (Fsp3) is 0.562. The molecular weight excluding hydrogens is 286 g/mol. The summed E-state index contributed by atoms with van der Waals surface area (Å²) in [6.07, 6.45) is 3.50. The van der Waals surface area contributed by atoms with Gasteiger partial charge in [0.05, 0.1) is 6.54 Å². The van der Waals surface area contributed by atoms with E-state index in [1.54, 1.807) is 0 Å². The first-order valence-electron chi connectivity index (χ1n) is 7.51. The molecule has 1 atom stereocenters. The van der Waals surface area contributed by atoms with Crippen LogP contribution >= 0.6 is 12.4 Å². The van der Waals surface area contributed by atoms with Gasteiger partial charge in [-0.25, -0.2) is 0 Å². The number of nitrogens with two attached hydrogens (primary N) is 1. The van der Waals surface area contributed by atoms with E-state index in [2.05, 4.69) is 10.2 Å². The maximum Gasteiger partial charge on any atom is 0.234 e. The highest BCUT2D eigenvalue weighted by Crippen LogP contribution is 2.18. The van der Waals surface area contributed by atoms with Gasteiger partial charge in [0.1, 0.15) is 0 Å². The Hall–Kier alpha value is -1.10. The fourth-order valence-corrected chi connectivity index (χ4v) is 2.82. The molecule has 0 bridgehead atoms. The number of piperidine rings is 1. The van der Waals surface area contributed by atoms with Gasteiger partial charge in [0.15, 0.2) is 0 Å². The summed E-state index contributed by atoms with van der Waals surface area (Å²) in [5.41, 5.74) is 6.76. The maximum absolute atomic E-state index is 12.0. The van der Waals surface area contributed by atoms with Crippen LogP contribution in [0.1, 0.15) is 24.8 Å². The van der Waals surface area contributed by atoms with Crippen molar-refractivity contribution in [3.63, 3.8) is 0 Å². The lowest BCUT2D eigenvalue weighted by atomic mass is 9.95. The van der Waals surface area contributed by atoms with E-state index in [0.717, 1.165) is 31.6 Å². The Balaban J connectivity index is 0.00000220. The van der Waals surface area contributed by atoms with Crippen LogP contribution in [-0.2, 0) is 11.3 Å². The zero-order chi connectivity index (χ0) is 14.2. The normalized spacial score (nSPS) is 18.8. The quantitative estimate of drug-likeness (QED) is 0.842. The van der Waals surface area contributed by atoms with E-state index < -0.39 is 0 Å². The molecule has 1 heterocycles. The number of hydrogen-bond donors (Lipinski definition) is 2. The zero-order valence-corrected chi connectivity index (χ0v) is 13.3. The molecule has 5 heteroatoms. The molecule has 3 N–H and O–H groups in total. The third-order valence-electron chi connectivity index (χ3n) is 3.88. The first-order chi connectivity index (χ1) is 9.78. The molecule has 1 fully saturated rings. The highest BCUT2D eigenvalue weighted by molar-refractivity contribution is 5.85. The number of likely N-dealkylation sites (tertiary alicyclic amines) is 1. The van der Waals surface area contributed by atoms with E-state index >= 15 is 0 Å². The van der Waals surface area contributed by atoms with Gasteiger partial charge in [-0.05, 0) is 43.8 Å². The lowest BCUT2D eigenvalue weighted by molar-refractivity contribution is -0.122. The molecule has 1 aromatic rings. The van der Waals surface area contributed by atoms with Crippen LogP contribution < -0.4 is 11.1 Å². The minimum absolute atomic E-state index is 0. The summed E-state index contributed by atoms with van der Waals surface area (Å²) in [7, 11) is 0. The van der Waals surface area contributed by atoms with Crippen molar-refractivity contribution < 1.29 is 4.79 Å². The third kappa shape index (κ3) is 6.46. The van der Waals surface area contributed by atoms with Gasteiger partial charge in [0.2, 0.25) is 5.91 Å². The zero-order valence-electron chi connectivity index (χ0n) is 12.5. The van der Waals surface area contributed by atoms with Gasteiger partial charge in [-0.2, -0.15) is 0 Å². The van der Waals surface area contributed by atoms with Crippen LogP contribution in [0.5, 0.6) is 0 Å². The maximum atomic E-state index is 12.0. The molecule has 0 aliphatic carbocycles. The molecule has 1 amide bonds. The topological polar surface area (TPSA) is 58.4 Å². The molecule has 118 valence electrons. The number of rotatable bonds is 6. The van der Waals surface area contributed by atoms with Crippen molar-refractivity contribution in [2.24, 2.45) is 11.7 Å². The molecule has 0 spiro atoms. The molecule has 0 saturated carbocycles. The van der Waals surface area contributed by atoms with Crippen LogP contribution in [0.25, 0.3) is 0 Å². The Bertz CT molecular complexity index is 411. The number of carbonyl (C=O) groups is 1. The Morgan fingerprint density at radius 3 is 2.81 bits per heavy atom. The van der Waals surface area contributed by atoms with Crippen LogP contribution in [-0.4, -0.2) is 37.0 Å². The summed E-state index contributed by atoms with van der Waals surface area (Å²) in [5, 5.41) is 2.99. The predicted molar refractivity (Wildman–Crippen MR) is 88.4 cm³/mol. The number of carbonyl (C=O) groups excluding carboxylic acids is 1. The molecule has 1 saturated heterocycles. The molecule has 2 rings (SSSR count). The number of benzene rings is 1. The van der Waals surface area contributed by atoms with E-state index in [9.17, 15) is 4.79 Å². The fourth-order valence-electron chi connectivity index (χ4n) is 2.82. The van der Waals surface area contributed by atoms with E-state index in [0.29, 0.717) is 19.0 Å². The monoisotopic (exact) mass is 311 g/mol. The van der Waals surface area contributed by atoms with E-state index in [4.69, 9.17) is 5.73 Å². The van der Waals surface area contributed by atoms with E-state index in [1.807, 2.05) is 30.3 Å². The van der Waals surface area contributed by atoms with Crippen molar-refractivity contribution >= 4 is 18.3 Å². The summed E-state index contributed by atoms with van der Waals surface area (Å²) in [6.45, 7) is 3.90. The van der Waals surface area contributed by atoms with Crippen LogP contribution in [0.2, 0.25) is 0 Å². The molecule has 1 aliphatic rings. The van der Waals surface area contributed by atoms with Gasteiger partial charge in [0.25, 0.3) is 0 Å². The molecule has 1 aromatic carbocycles. The smallest absolute Gasteiger partial charge is 0.234 e. The van der Waals surface area contributed by atoms with Gasteiger partial charge in [-0.15, -0.1) is 12.4 Å². The number of nitrogens with one attached hydrogen (secondary N) is 1. The third-order valence-corrected chi connectivity index (χ3v) is 3.88. The van der Waals surface area contributed by atoms with Crippen LogP contribution in [0.4, 0.5) is 0 Å². The second-order valence-corrected chi connectivity index (χ2v) is 5.58. The number of amides is 1. The van der Waals surface area contributed by atoms with Crippen LogP contribution in [0.15, 0.2) is 30.3 Å². The second kappa shape index (κ2) is 9.77. The Morgan fingerprint density at radius 2 is 2.10 bits per heavy atom. The number of nitrogens with zero attached hydrogens (tertiary/aromatic N) is 1. The van der Waals surface area contributed by atoms with E-state index in [1.165, 1.54) is 12.8 Å².